The smallest absolute Gasteiger partial charge is 0.258 e. The van der Waals surface area contributed by atoms with E-state index >= 15 is 0 Å². The van der Waals surface area contributed by atoms with Crippen LogP contribution in [0.4, 0.5) is 5.69 Å². The lowest BCUT2D eigenvalue weighted by atomic mass is 9.87. The van der Waals surface area contributed by atoms with Crippen LogP contribution >= 0.6 is 23.4 Å². The maximum Gasteiger partial charge on any atom is 0.258 e. The highest BCUT2D eigenvalue weighted by atomic mass is 35.5. The highest BCUT2D eigenvalue weighted by Gasteiger charge is 2.15. The summed E-state index contributed by atoms with van der Waals surface area (Å²) in [5.41, 5.74) is 3.64. The molecule has 0 aliphatic carbocycles. The summed E-state index contributed by atoms with van der Waals surface area (Å²) in [7, 11) is 0. The van der Waals surface area contributed by atoms with Crippen molar-refractivity contribution in [3.63, 3.8) is 0 Å². The first-order chi connectivity index (χ1) is 13.3. The molecule has 2 aromatic heterocycles. The lowest BCUT2D eigenvalue weighted by molar-refractivity contribution is 0.102. The van der Waals surface area contributed by atoms with Gasteiger partial charge in [0, 0.05) is 23.8 Å². The van der Waals surface area contributed by atoms with Gasteiger partial charge in [-0.15, -0.1) is 11.8 Å². The van der Waals surface area contributed by atoms with E-state index in [1.54, 1.807) is 24.5 Å². The predicted octanol–water partition coefficient (Wildman–Crippen LogP) is 5.97. The lowest BCUT2D eigenvalue weighted by Gasteiger charge is -2.19. The molecule has 0 atom stereocenters. The summed E-state index contributed by atoms with van der Waals surface area (Å²) in [6, 6.07) is 15.2. The number of rotatable bonds is 5. The molecule has 0 unspecified atom stereocenters. The number of halogens is 1. The van der Waals surface area contributed by atoms with E-state index in [0.29, 0.717) is 21.5 Å². The van der Waals surface area contributed by atoms with E-state index in [2.05, 4.69) is 36.1 Å². The topological polar surface area (TPSA) is 54.9 Å². The van der Waals surface area contributed by atoms with Gasteiger partial charge < -0.3 is 5.32 Å². The SMILES string of the molecule is CC(C)(C)c1ccc(NC(=O)c2cccnc2SCc2ccnc(Cl)c2)cc1. The second-order valence-electron chi connectivity index (χ2n) is 7.41. The number of amides is 1. The first-order valence-electron chi connectivity index (χ1n) is 8.93. The van der Waals surface area contributed by atoms with Gasteiger partial charge >= 0.3 is 0 Å². The first kappa shape index (κ1) is 20.4. The minimum atomic E-state index is -0.174. The Balaban J connectivity index is 1.72. The van der Waals surface area contributed by atoms with Crippen molar-refractivity contribution in [1.82, 2.24) is 9.97 Å². The molecule has 6 heteroatoms. The van der Waals surface area contributed by atoms with E-state index in [1.807, 2.05) is 36.4 Å². The molecule has 3 aromatic rings. The number of anilines is 1. The molecule has 1 N–H and O–H groups in total. The molecule has 28 heavy (non-hydrogen) atoms. The fourth-order valence-corrected chi connectivity index (χ4v) is 3.75. The number of pyridine rings is 2. The van der Waals surface area contributed by atoms with Crippen LogP contribution in [0, 0.1) is 0 Å². The molecule has 1 amide bonds. The average molecular weight is 412 g/mol. The Kier molecular flexibility index (Phi) is 6.37. The second kappa shape index (κ2) is 8.76. The molecule has 2 heterocycles. The fourth-order valence-electron chi connectivity index (χ4n) is 2.61. The maximum absolute atomic E-state index is 12.8. The van der Waals surface area contributed by atoms with E-state index in [0.717, 1.165) is 11.3 Å². The summed E-state index contributed by atoms with van der Waals surface area (Å²) >= 11 is 7.43. The van der Waals surface area contributed by atoms with Crippen LogP contribution < -0.4 is 5.32 Å². The van der Waals surface area contributed by atoms with Gasteiger partial charge in [0.25, 0.3) is 5.91 Å². The molecule has 3 rings (SSSR count). The van der Waals surface area contributed by atoms with Gasteiger partial charge in [-0.1, -0.05) is 44.5 Å². The third kappa shape index (κ3) is 5.33. The van der Waals surface area contributed by atoms with Gasteiger partial charge in [0.1, 0.15) is 10.2 Å². The number of hydrogen-bond donors (Lipinski definition) is 1. The molecule has 0 aliphatic rings. The average Bonchev–Trinajstić information content (AvgIpc) is 2.66. The zero-order chi connectivity index (χ0) is 20.1. The molecule has 0 saturated heterocycles. The highest BCUT2D eigenvalue weighted by Crippen LogP contribution is 2.27. The highest BCUT2D eigenvalue weighted by molar-refractivity contribution is 7.98. The Morgan fingerprint density at radius 3 is 2.50 bits per heavy atom. The van der Waals surface area contributed by atoms with E-state index in [4.69, 9.17) is 11.6 Å². The van der Waals surface area contributed by atoms with Gasteiger partial charge in [0.05, 0.1) is 5.56 Å². The van der Waals surface area contributed by atoms with Gasteiger partial charge in [-0.25, -0.2) is 9.97 Å². The van der Waals surface area contributed by atoms with Crippen molar-refractivity contribution in [3.8, 4) is 0 Å². The molecule has 0 fully saturated rings. The van der Waals surface area contributed by atoms with Crippen LogP contribution in [0.5, 0.6) is 0 Å². The number of benzene rings is 1. The summed E-state index contributed by atoms with van der Waals surface area (Å²) in [6.45, 7) is 6.49. The zero-order valence-corrected chi connectivity index (χ0v) is 17.6. The van der Waals surface area contributed by atoms with Crippen molar-refractivity contribution in [1.29, 1.82) is 0 Å². The molecule has 0 aliphatic heterocycles. The number of aromatic nitrogens is 2. The van der Waals surface area contributed by atoms with Crippen LogP contribution in [0.25, 0.3) is 0 Å². The number of nitrogens with zero attached hydrogens (tertiary/aromatic N) is 2. The number of carbonyl (C=O) groups is 1. The van der Waals surface area contributed by atoms with Gasteiger partial charge in [-0.05, 0) is 52.9 Å². The van der Waals surface area contributed by atoms with Crippen molar-refractivity contribution in [2.75, 3.05) is 5.32 Å². The monoisotopic (exact) mass is 411 g/mol. The number of nitrogens with one attached hydrogen (secondary N) is 1. The van der Waals surface area contributed by atoms with Crippen molar-refractivity contribution >= 4 is 35.0 Å². The second-order valence-corrected chi connectivity index (χ2v) is 8.76. The standard InChI is InChI=1S/C22H22ClN3OS/c1-22(2,3)16-6-8-17(9-7-16)26-20(27)18-5-4-11-25-21(18)28-14-15-10-12-24-19(23)13-15/h4-13H,14H2,1-3H3,(H,26,27). The Hall–Kier alpha value is -2.37. The fraction of sp³-hybridized carbons (Fsp3) is 0.227. The van der Waals surface area contributed by atoms with E-state index in [-0.39, 0.29) is 11.3 Å². The molecule has 1 aromatic carbocycles. The van der Waals surface area contributed by atoms with Crippen molar-refractivity contribution in [2.45, 2.75) is 37.0 Å². The molecule has 0 radical (unpaired) electrons. The Bertz CT molecular complexity index is 968. The molecule has 0 bridgehead atoms. The quantitative estimate of drug-likeness (QED) is 0.415. The largest absolute Gasteiger partial charge is 0.322 e. The summed E-state index contributed by atoms with van der Waals surface area (Å²) in [5, 5.41) is 4.10. The van der Waals surface area contributed by atoms with Gasteiger partial charge in [-0.2, -0.15) is 0 Å². The normalized spacial score (nSPS) is 11.3. The van der Waals surface area contributed by atoms with Gasteiger partial charge in [0.15, 0.2) is 0 Å². The van der Waals surface area contributed by atoms with Crippen LogP contribution in [0.15, 0.2) is 66.0 Å². The van der Waals surface area contributed by atoms with E-state index < -0.39 is 0 Å². The third-order valence-corrected chi connectivity index (χ3v) is 5.47. The lowest BCUT2D eigenvalue weighted by Crippen LogP contribution is -2.14. The maximum atomic E-state index is 12.8. The zero-order valence-electron chi connectivity index (χ0n) is 16.1. The van der Waals surface area contributed by atoms with Crippen LogP contribution in [-0.4, -0.2) is 15.9 Å². The summed E-state index contributed by atoms with van der Waals surface area (Å²) < 4.78 is 0. The van der Waals surface area contributed by atoms with Crippen LogP contribution in [0.1, 0.15) is 42.3 Å². The molecule has 4 nitrogen and oxygen atoms in total. The number of thioether (sulfide) groups is 1. The number of carbonyl (C=O) groups excluding carboxylic acids is 1. The summed E-state index contributed by atoms with van der Waals surface area (Å²) in [4.78, 5) is 21.2. The predicted molar refractivity (Wildman–Crippen MR) is 116 cm³/mol. The van der Waals surface area contributed by atoms with Crippen LogP contribution in [-0.2, 0) is 11.2 Å². The minimum absolute atomic E-state index is 0.0750. The molecule has 0 spiro atoms. The van der Waals surface area contributed by atoms with Crippen molar-refractivity contribution in [2.24, 2.45) is 0 Å². The summed E-state index contributed by atoms with van der Waals surface area (Å²) in [5.74, 6) is 0.478. The van der Waals surface area contributed by atoms with E-state index in [9.17, 15) is 4.79 Å². The Morgan fingerprint density at radius 2 is 1.82 bits per heavy atom. The van der Waals surface area contributed by atoms with Crippen LogP contribution in [0.3, 0.4) is 0 Å². The van der Waals surface area contributed by atoms with Crippen molar-refractivity contribution < 1.29 is 4.79 Å². The molecular formula is C22H22ClN3OS. The first-order valence-corrected chi connectivity index (χ1v) is 10.3. The van der Waals surface area contributed by atoms with Crippen molar-refractivity contribution in [3.05, 3.63) is 82.8 Å². The van der Waals surface area contributed by atoms with Gasteiger partial charge in [0.2, 0.25) is 0 Å². The Morgan fingerprint density at radius 1 is 1.07 bits per heavy atom. The molecule has 144 valence electrons. The minimum Gasteiger partial charge on any atom is -0.322 e. The molecular weight excluding hydrogens is 390 g/mol. The molecule has 0 saturated carbocycles. The Labute approximate surface area is 174 Å². The number of hydrogen-bond acceptors (Lipinski definition) is 4. The summed E-state index contributed by atoms with van der Waals surface area (Å²) in [6.07, 6.45) is 3.36. The van der Waals surface area contributed by atoms with Crippen LogP contribution in [0.2, 0.25) is 5.15 Å². The van der Waals surface area contributed by atoms with Gasteiger partial charge in [-0.3, -0.25) is 4.79 Å². The van der Waals surface area contributed by atoms with E-state index in [1.165, 1.54) is 17.3 Å². The third-order valence-electron chi connectivity index (χ3n) is 4.19.